The molecule has 0 atom stereocenters. The van der Waals surface area contributed by atoms with Gasteiger partial charge in [-0.15, -0.1) is 0 Å². The fourth-order valence-corrected chi connectivity index (χ4v) is 2.31. The molecule has 2 rings (SSSR count). The molecule has 1 heterocycles. The summed E-state index contributed by atoms with van der Waals surface area (Å²) in [5.41, 5.74) is 0.399. The summed E-state index contributed by atoms with van der Waals surface area (Å²) < 4.78 is 14.8. The van der Waals surface area contributed by atoms with Gasteiger partial charge in [0.1, 0.15) is 6.26 Å². The highest BCUT2D eigenvalue weighted by molar-refractivity contribution is 6.42. The minimum Gasteiger partial charge on any atom is -0.464 e. The van der Waals surface area contributed by atoms with Gasteiger partial charge in [0.05, 0.1) is 30.3 Å². The van der Waals surface area contributed by atoms with Gasteiger partial charge in [-0.25, -0.2) is 9.78 Å². The van der Waals surface area contributed by atoms with Crippen LogP contribution in [-0.2, 0) is 16.0 Å². The van der Waals surface area contributed by atoms with E-state index in [1.165, 1.54) is 31.4 Å². The molecule has 0 aliphatic rings. The van der Waals surface area contributed by atoms with Crippen molar-refractivity contribution in [1.82, 2.24) is 9.88 Å². The zero-order valence-corrected chi connectivity index (χ0v) is 15.1. The van der Waals surface area contributed by atoms with Crippen LogP contribution in [0.25, 0.3) is 0 Å². The van der Waals surface area contributed by atoms with Crippen molar-refractivity contribution >= 4 is 35.1 Å². The Hall–Kier alpha value is -2.09. The highest BCUT2D eigenvalue weighted by atomic mass is 35.5. The smallest absolute Gasteiger partial charge is 0.360 e. The number of amides is 1. The summed E-state index contributed by atoms with van der Waals surface area (Å²) >= 11 is 11.9. The van der Waals surface area contributed by atoms with E-state index in [9.17, 15) is 9.59 Å². The van der Waals surface area contributed by atoms with E-state index in [1.807, 2.05) is 0 Å². The van der Waals surface area contributed by atoms with Crippen molar-refractivity contribution in [3.8, 4) is 0 Å². The molecule has 0 bridgehead atoms. The van der Waals surface area contributed by atoms with Crippen molar-refractivity contribution in [2.45, 2.75) is 6.54 Å². The lowest BCUT2D eigenvalue weighted by molar-refractivity contribution is 0.0594. The summed E-state index contributed by atoms with van der Waals surface area (Å²) in [6.45, 7) is 0.669. The Morgan fingerprint density at radius 2 is 2.00 bits per heavy atom. The quantitative estimate of drug-likeness (QED) is 0.680. The third-order valence-corrected chi connectivity index (χ3v) is 4.03. The lowest BCUT2D eigenvalue weighted by atomic mass is 10.2. The largest absolute Gasteiger partial charge is 0.464 e. The van der Waals surface area contributed by atoms with Gasteiger partial charge in [0.15, 0.2) is 5.69 Å². The van der Waals surface area contributed by atoms with E-state index in [-0.39, 0.29) is 29.1 Å². The summed E-state index contributed by atoms with van der Waals surface area (Å²) in [6, 6.07) is 4.61. The number of carbonyl (C=O) groups excluding carboxylic acids is 2. The number of ether oxygens (including phenoxy) is 2. The molecule has 0 aliphatic carbocycles. The van der Waals surface area contributed by atoms with Crippen molar-refractivity contribution in [2.24, 2.45) is 0 Å². The Labute approximate surface area is 154 Å². The summed E-state index contributed by atoms with van der Waals surface area (Å²) in [7, 11) is 2.78. The van der Waals surface area contributed by atoms with E-state index < -0.39 is 5.97 Å². The molecule has 0 aliphatic heterocycles. The average Bonchev–Trinajstić information content (AvgIpc) is 3.08. The lowest BCUT2D eigenvalue weighted by Crippen LogP contribution is -2.33. The SMILES string of the molecule is COCCN(Cc1nc(C(=O)OC)co1)C(=O)c1ccc(Cl)c(Cl)c1. The van der Waals surface area contributed by atoms with Gasteiger partial charge < -0.3 is 18.8 Å². The van der Waals surface area contributed by atoms with Crippen LogP contribution in [0, 0.1) is 0 Å². The first-order valence-electron chi connectivity index (χ1n) is 7.22. The van der Waals surface area contributed by atoms with Crippen LogP contribution in [0.4, 0.5) is 0 Å². The van der Waals surface area contributed by atoms with Crippen LogP contribution >= 0.6 is 23.2 Å². The molecular formula is C16H16Cl2N2O5. The summed E-state index contributed by atoms with van der Waals surface area (Å²) in [5.74, 6) is -0.715. The van der Waals surface area contributed by atoms with Gasteiger partial charge in [-0.2, -0.15) is 0 Å². The molecule has 0 fully saturated rings. The van der Waals surface area contributed by atoms with Gasteiger partial charge in [-0.05, 0) is 18.2 Å². The van der Waals surface area contributed by atoms with Gasteiger partial charge in [-0.3, -0.25) is 4.79 Å². The normalized spacial score (nSPS) is 10.6. The second-order valence-electron chi connectivity index (χ2n) is 4.97. The van der Waals surface area contributed by atoms with E-state index in [0.717, 1.165) is 0 Å². The van der Waals surface area contributed by atoms with E-state index in [2.05, 4.69) is 9.72 Å². The zero-order valence-electron chi connectivity index (χ0n) is 13.6. The molecule has 0 N–H and O–H groups in total. The Morgan fingerprint density at radius 1 is 1.24 bits per heavy atom. The number of aromatic nitrogens is 1. The molecule has 134 valence electrons. The Bertz CT molecular complexity index is 763. The van der Waals surface area contributed by atoms with Crippen molar-refractivity contribution in [3.05, 3.63) is 51.7 Å². The van der Waals surface area contributed by atoms with Crippen LogP contribution in [-0.4, -0.2) is 49.1 Å². The Balaban J connectivity index is 2.19. The van der Waals surface area contributed by atoms with E-state index in [1.54, 1.807) is 12.1 Å². The van der Waals surface area contributed by atoms with Gasteiger partial charge >= 0.3 is 5.97 Å². The van der Waals surface area contributed by atoms with Crippen molar-refractivity contribution in [2.75, 3.05) is 27.4 Å². The number of esters is 1. The predicted molar refractivity (Wildman–Crippen MR) is 90.9 cm³/mol. The Kier molecular flexibility index (Phi) is 6.81. The van der Waals surface area contributed by atoms with Gasteiger partial charge in [0.2, 0.25) is 5.89 Å². The van der Waals surface area contributed by atoms with Crippen LogP contribution in [0.5, 0.6) is 0 Å². The maximum atomic E-state index is 12.7. The lowest BCUT2D eigenvalue weighted by Gasteiger charge is -2.21. The third kappa shape index (κ3) is 4.94. The van der Waals surface area contributed by atoms with Crippen LogP contribution in [0.3, 0.4) is 0 Å². The molecule has 0 spiro atoms. The fraction of sp³-hybridized carbons (Fsp3) is 0.312. The van der Waals surface area contributed by atoms with E-state index in [4.69, 9.17) is 32.4 Å². The molecule has 1 aromatic carbocycles. The predicted octanol–water partition coefficient (Wildman–Crippen LogP) is 3.06. The molecule has 0 saturated carbocycles. The number of nitrogens with zero attached hydrogens (tertiary/aromatic N) is 2. The number of oxazole rings is 1. The molecule has 2 aromatic rings. The second kappa shape index (κ2) is 8.84. The molecular weight excluding hydrogens is 371 g/mol. The second-order valence-corrected chi connectivity index (χ2v) is 5.78. The first kappa shape index (κ1) is 19.2. The molecule has 25 heavy (non-hydrogen) atoms. The van der Waals surface area contributed by atoms with Crippen molar-refractivity contribution in [1.29, 1.82) is 0 Å². The van der Waals surface area contributed by atoms with E-state index >= 15 is 0 Å². The number of methoxy groups -OCH3 is 2. The topological polar surface area (TPSA) is 81.9 Å². The minimum absolute atomic E-state index is 0.0335. The summed E-state index contributed by atoms with van der Waals surface area (Å²) in [5, 5.41) is 0.639. The number of benzene rings is 1. The molecule has 0 radical (unpaired) electrons. The van der Waals surface area contributed by atoms with Crippen LogP contribution in [0.15, 0.2) is 28.9 Å². The first-order valence-corrected chi connectivity index (χ1v) is 7.97. The van der Waals surface area contributed by atoms with Gasteiger partial charge in [-0.1, -0.05) is 23.2 Å². The van der Waals surface area contributed by atoms with E-state index in [0.29, 0.717) is 23.7 Å². The third-order valence-electron chi connectivity index (χ3n) is 3.29. The molecule has 1 aromatic heterocycles. The number of carbonyl (C=O) groups is 2. The zero-order chi connectivity index (χ0) is 18.4. The van der Waals surface area contributed by atoms with Crippen molar-refractivity contribution in [3.63, 3.8) is 0 Å². The highest BCUT2D eigenvalue weighted by Crippen LogP contribution is 2.23. The van der Waals surface area contributed by atoms with Crippen molar-refractivity contribution < 1.29 is 23.5 Å². The maximum absolute atomic E-state index is 12.7. The maximum Gasteiger partial charge on any atom is 0.360 e. The number of rotatable bonds is 7. The van der Waals surface area contributed by atoms with Gasteiger partial charge in [0, 0.05) is 19.2 Å². The number of halogens is 2. The molecule has 0 unspecified atom stereocenters. The monoisotopic (exact) mass is 386 g/mol. The molecule has 7 nitrogen and oxygen atoms in total. The Morgan fingerprint density at radius 3 is 2.64 bits per heavy atom. The summed E-state index contributed by atoms with van der Waals surface area (Å²) in [6.07, 6.45) is 1.18. The molecule has 1 amide bonds. The van der Waals surface area contributed by atoms with Crippen LogP contribution in [0.2, 0.25) is 10.0 Å². The summed E-state index contributed by atoms with van der Waals surface area (Å²) in [4.78, 5) is 29.6. The fourth-order valence-electron chi connectivity index (χ4n) is 2.01. The van der Waals surface area contributed by atoms with Crippen LogP contribution in [0.1, 0.15) is 26.7 Å². The highest BCUT2D eigenvalue weighted by Gasteiger charge is 2.20. The number of hydrogen-bond acceptors (Lipinski definition) is 6. The number of hydrogen-bond donors (Lipinski definition) is 0. The average molecular weight is 387 g/mol. The van der Waals surface area contributed by atoms with Crippen LogP contribution < -0.4 is 0 Å². The first-order chi connectivity index (χ1) is 12.0. The van der Waals surface area contributed by atoms with Gasteiger partial charge in [0.25, 0.3) is 5.91 Å². The standard InChI is InChI=1S/C16H16Cl2N2O5/c1-23-6-5-20(8-14-19-13(9-25-14)16(22)24-2)15(21)10-3-4-11(17)12(18)7-10/h3-4,7,9H,5-6,8H2,1-2H3. The molecule has 9 heteroatoms. The minimum atomic E-state index is -0.616. The molecule has 0 saturated heterocycles.